The number of halogens is 1. The molecule has 5 heteroatoms. The summed E-state index contributed by atoms with van der Waals surface area (Å²) in [5, 5.41) is 6.39. The van der Waals surface area contributed by atoms with Gasteiger partial charge in [-0.2, -0.15) is 0 Å². The van der Waals surface area contributed by atoms with Crippen molar-refractivity contribution in [2.45, 2.75) is 12.8 Å². The minimum Gasteiger partial charge on any atom is -0.456 e. The number of hydrogen-bond acceptors (Lipinski definition) is 3. The Bertz CT molecular complexity index is 731. The summed E-state index contributed by atoms with van der Waals surface area (Å²) in [5.41, 5.74) is 3.19. The number of rotatable bonds is 3. The van der Waals surface area contributed by atoms with Crippen molar-refractivity contribution in [2.24, 2.45) is 0 Å². The fraction of sp³-hybridized carbons (Fsp3) is 0.278. The maximum atomic E-state index is 11.6. The van der Waals surface area contributed by atoms with E-state index < -0.39 is 0 Å². The third kappa shape index (κ3) is 3.66. The highest BCUT2D eigenvalue weighted by Gasteiger charge is 2.11. The molecule has 1 aliphatic rings. The molecular formula is C18H19ClN2O2. The van der Waals surface area contributed by atoms with E-state index in [2.05, 4.69) is 22.8 Å². The number of benzene rings is 2. The fourth-order valence-corrected chi connectivity index (χ4v) is 2.93. The molecule has 0 saturated heterocycles. The van der Waals surface area contributed by atoms with E-state index >= 15 is 0 Å². The Labute approximate surface area is 140 Å². The van der Waals surface area contributed by atoms with Crippen molar-refractivity contribution < 1.29 is 9.53 Å². The van der Waals surface area contributed by atoms with Crippen molar-refractivity contribution in [1.82, 2.24) is 10.6 Å². The zero-order chi connectivity index (χ0) is 16.2. The van der Waals surface area contributed by atoms with E-state index in [1.807, 2.05) is 6.07 Å². The van der Waals surface area contributed by atoms with E-state index in [1.165, 1.54) is 11.1 Å². The summed E-state index contributed by atoms with van der Waals surface area (Å²) in [6.07, 6.45) is 2.03. The van der Waals surface area contributed by atoms with Gasteiger partial charge in [-0.3, -0.25) is 4.79 Å². The standard InChI is InChI=1S/C18H19ClN2O2/c1-20-18(22)14-3-5-17(16(19)11-14)23-15-4-2-12-6-8-21-9-7-13(12)10-15/h2-5,10-11,21H,6-9H2,1H3,(H,20,22). The summed E-state index contributed by atoms with van der Waals surface area (Å²) in [6, 6.07) is 11.2. The van der Waals surface area contributed by atoms with E-state index in [1.54, 1.807) is 25.2 Å². The molecule has 4 nitrogen and oxygen atoms in total. The number of ether oxygens (including phenoxy) is 1. The van der Waals surface area contributed by atoms with Crippen LogP contribution in [-0.4, -0.2) is 26.0 Å². The van der Waals surface area contributed by atoms with Crippen LogP contribution in [0.1, 0.15) is 21.5 Å². The molecule has 0 aliphatic carbocycles. The summed E-state index contributed by atoms with van der Waals surface area (Å²) in [6.45, 7) is 2.00. The van der Waals surface area contributed by atoms with Gasteiger partial charge in [-0.25, -0.2) is 0 Å². The lowest BCUT2D eigenvalue weighted by Crippen LogP contribution is -2.17. The fourth-order valence-electron chi connectivity index (χ4n) is 2.71. The van der Waals surface area contributed by atoms with Crippen LogP contribution in [0, 0.1) is 0 Å². The van der Waals surface area contributed by atoms with Gasteiger partial charge in [-0.05, 0) is 67.4 Å². The van der Waals surface area contributed by atoms with Crippen LogP contribution in [0.5, 0.6) is 11.5 Å². The topological polar surface area (TPSA) is 50.4 Å². The molecule has 2 aromatic carbocycles. The molecule has 0 unspecified atom stereocenters. The van der Waals surface area contributed by atoms with Crippen LogP contribution in [0.25, 0.3) is 0 Å². The maximum absolute atomic E-state index is 11.6. The molecule has 0 saturated carbocycles. The molecule has 2 aromatic rings. The van der Waals surface area contributed by atoms with Gasteiger partial charge >= 0.3 is 0 Å². The summed E-state index contributed by atoms with van der Waals surface area (Å²) < 4.78 is 5.90. The van der Waals surface area contributed by atoms with E-state index in [9.17, 15) is 4.79 Å². The van der Waals surface area contributed by atoms with E-state index in [0.29, 0.717) is 16.3 Å². The SMILES string of the molecule is CNC(=O)c1ccc(Oc2ccc3c(c2)CCNCC3)c(Cl)c1. The molecule has 0 fully saturated rings. The molecule has 0 radical (unpaired) electrons. The smallest absolute Gasteiger partial charge is 0.251 e. The Morgan fingerprint density at radius 3 is 2.65 bits per heavy atom. The van der Waals surface area contributed by atoms with Gasteiger partial charge in [0.05, 0.1) is 5.02 Å². The Balaban J connectivity index is 1.82. The van der Waals surface area contributed by atoms with E-state index in [-0.39, 0.29) is 5.91 Å². The van der Waals surface area contributed by atoms with Gasteiger partial charge in [0.15, 0.2) is 0 Å². The van der Waals surface area contributed by atoms with Crippen molar-refractivity contribution in [3.63, 3.8) is 0 Å². The van der Waals surface area contributed by atoms with Crippen molar-refractivity contribution in [1.29, 1.82) is 0 Å². The highest BCUT2D eigenvalue weighted by Crippen LogP contribution is 2.31. The predicted molar refractivity (Wildman–Crippen MR) is 91.6 cm³/mol. The van der Waals surface area contributed by atoms with Crippen LogP contribution in [0.4, 0.5) is 0 Å². The molecule has 23 heavy (non-hydrogen) atoms. The number of nitrogens with one attached hydrogen (secondary N) is 2. The zero-order valence-electron chi connectivity index (χ0n) is 13.0. The first kappa shape index (κ1) is 15.8. The van der Waals surface area contributed by atoms with Crippen LogP contribution in [-0.2, 0) is 12.8 Å². The minimum absolute atomic E-state index is 0.170. The zero-order valence-corrected chi connectivity index (χ0v) is 13.7. The van der Waals surface area contributed by atoms with Crippen molar-refractivity contribution in [3.05, 3.63) is 58.1 Å². The van der Waals surface area contributed by atoms with E-state index in [0.717, 1.165) is 31.7 Å². The molecule has 0 spiro atoms. The third-order valence-corrected chi connectivity index (χ3v) is 4.26. The normalized spacial score (nSPS) is 13.8. The van der Waals surface area contributed by atoms with Crippen LogP contribution in [0.3, 0.4) is 0 Å². The molecule has 0 bridgehead atoms. The van der Waals surface area contributed by atoms with Crippen LogP contribution in [0.2, 0.25) is 5.02 Å². The molecular weight excluding hydrogens is 312 g/mol. The lowest BCUT2D eigenvalue weighted by molar-refractivity contribution is 0.0963. The first-order chi connectivity index (χ1) is 11.2. The summed E-state index contributed by atoms with van der Waals surface area (Å²) >= 11 is 6.23. The lowest BCUT2D eigenvalue weighted by Gasteiger charge is -2.12. The Morgan fingerprint density at radius 1 is 1.13 bits per heavy atom. The molecule has 120 valence electrons. The molecule has 1 heterocycles. The Morgan fingerprint density at radius 2 is 1.91 bits per heavy atom. The number of amides is 1. The lowest BCUT2D eigenvalue weighted by atomic mass is 10.0. The summed E-state index contributed by atoms with van der Waals surface area (Å²) in [5.74, 6) is 1.14. The average molecular weight is 331 g/mol. The van der Waals surface area contributed by atoms with Gasteiger partial charge in [0, 0.05) is 12.6 Å². The second kappa shape index (κ2) is 7.02. The molecule has 1 amide bonds. The van der Waals surface area contributed by atoms with Crippen molar-refractivity contribution >= 4 is 17.5 Å². The molecule has 2 N–H and O–H groups in total. The van der Waals surface area contributed by atoms with Gasteiger partial charge in [0.2, 0.25) is 0 Å². The second-order valence-corrected chi connectivity index (χ2v) is 5.91. The number of carbonyl (C=O) groups is 1. The van der Waals surface area contributed by atoms with E-state index in [4.69, 9.17) is 16.3 Å². The summed E-state index contributed by atoms with van der Waals surface area (Å²) in [7, 11) is 1.59. The first-order valence-corrected chi connectivity index (χ1v) is 8.07. The van der Waals surface area contributed by atoms with Crippen LogP contribution < -0.4 is 15.4 Å². The molecule has 1 aliphatic heterocycles. The molecule has 0 aromatic heterocycles. The summed E-state index contributed by atoms with van der Waals surface area (Å²) in [4.78, 5) is 11.6. The van der Waals surface area contributed by atoms with Gasteiger partial charge < -0.3 is 15.4 Å². The highest BCUT2D eigenvalue weighted by molar-refractivity contribution is 6.32. The quantitative estimate of drug-likeness (QED) is 0.908. The van der Waals surface area contributed by atoms with Crippen LogP contribution >= 0.6 is 11.6 Å². The Kier molecular flexibility index (Phi) is 4.84. The second-order valence-electron chi connectivity index (χ2n) is 5.51. The predicted octanol–water partition coefficient (Wildman–Crippen LogP) is 3.18. The number of fused-ring (bicyclic) bond motifs is 1. The Hall–Kier alpha value is -2.04. The number of carbonyl (C=O) groups excluding carboxylic acids is 1. The monoisotopic (exact) mass is 330 g/mol. The number of hydrogen-bond donors (Lipinski definition) is 2. The highest BCUT2D eigenvalue weighted by atomic mass is 35.5. The molecule has 0 atom stereocenters. The third-order valence-electron chi connectivity index (χ3n) is 3.97. The van der Waals surface area contributed by atoms with Crippen LogP contribution in [0.15, 0.2) is 36.4 Å². The first-order valence-electron chi connectivity index (χ1n) is 7.69. The van der Waals surface area contributed by atoms with Crippen molar-refractivity contribution in [3.8, 4) is 11.5 Å². The molecule has 3 rings (SSSR count). The largest absolute Gasteiger partial charge is 0.456 e. The van der Waals surface area contributed by atoms with Crippen molar-refractivity contribution in [2.75, 3.05) is 20.1 Å². The van der Waals surface area contributed by atoms with Gasteiger partial charge in [0.25, 0.3) is 5.91 Å². The minimum atomic E-state index is -0.170. The maximum Gasteiger partial charge on any atom is 0.251 e. The van der Waals surface area contributed by atoms with Gasteiger partial charge in [-0.15, -0.1) is 0 Å². The average Bonchev–Trinajstić information content (AvgIpc) is 2.80. The van der Waals surface area contributed by atoms with Gasteiger partial charge in [-0.1, -0.05) is 17.7 Å². The van der Waals surface area contributed by atoms with Gasteiger partial charge in [0.1, 0.15) is 11.5 Å².